The zero-order chi connectivity index (χ0) is 11.5. The molecule has 0 N–H and O–H groups in total. The van der Waals surface area contributed by atoms with E-state index in [-0.39, 0.29) is 11.8 Å². The van der Waals surface area contributed by atoms with E-state index in [9.17, 15) is 4.79 Å². The van der Waals surface area contributed by atoms with Gasteiger partial charge in [0, 0.05) is 24.5 Å². The van der Waals surface area contributed by atoms with E-state index in [2.05, 4.69) is 9.36 Å². The fourth-order valence-electron chi connectivity index (χ4n) is 2.14. The van der Waals surface area contributed by atoms with Gasteiger partial charge < -0.3 is 0 Å². The molecule has 0 aliphatic heterocycles. The monoisotopic (exact) mass is 239 g/mol. The number of rotatable bonds is 2. The first-order chi connectivity index (χ1) is 7.68. The van der Waals surface area contributed by atoms with Gasteiger partial charge in [-0.25, -0.2) is 4.98 Å². The van der Waals surface area contributed by atoms with Crippen LogP contribution in [-0.4, -0.2) is 22.3 Å². The molecule has 1 fully saturated rings. The van der Waals surface area contributed by atoms with Crippen LogP contribution in [0.15, 0.2) is 0 Å². The maximum Gasteiger partial charge on any atom is 0.231 e. The van der Waals surface area contributed by atoms with Gasteiger partial charge in [0.1, 0.15) is 5.82 Å². The molecule has 4 nitrogen and oxygen atoms in total. The van der Waals surface area contributed by atoms with Crippen molar-refractivity contribution in [1.82, 2.24) is 9.36 Å². The van der Waals surface area contributed by atoms with Gasteiger partial charge in [0.2, 0.25) is 11.0 Å². The largest absolute Gasteiger partial charge is 0.290 e. The highest BCUT2D eigenvalue weighted by molar-refractivity contribution is 7.09. The van der Waals surface area contributed by atoms with Crippen LogP contribution in [0.4, 0.5) is 5.13 Å². The molecule has 0 aromatic carbocycles. The average molecular weight is 239 g/mol. The Morgan fingerprint density at radius 2 is 2.06 bits per heavy atom. The van der Waals surface area contributed by atoms with Gasteiger partial charge in [0.05, 0.1) is 0 Å². The van der Waals surface area contributed by atoms with Crippen molar-refractivity contribution in [2.45, 2.75) is 39.0 Å². The number of carbonyl (C=O) groups is 1. The smallest absolute Gasteiger partial charge is 0.231 e. The maximum absolute atomic E-state index is 12.2. The first-order valence-corrected chi connectivity index (χ1v) is 6.53. The van der Waals surface area contributed by atoms with Gasteiger partial charge in [-0.15, -0.1) is 0 Å². The van der Waals surface area contributed by atoms with Gasteiger partial charge in [0.25, 0.3) is 0 Å². The summed E-state index contributed by atoms with van der Waals surface area (Å²) in [4.78, 5) is 18.1. The minimum absolute atomic E-state index is 0.197. The molecule has 2 rings (SSSR count). The zero-order valence-electron chi connectivity index (χ0n) is 9.77. The lowest BCUT2D eigenvalue weighted by Crippen LogP contribution is -2.33. The van der Waals surface area contributed by atoms with E-state index in [1.807, 2.05) is 6.92 Å². The zero-order valence-corrected chi connectivity index (χ0v) is 10.6. The van der Waals surface area contributed by atoms with Gasteiger partial charge in [0.15, 0.2) is 0 Å². The van der Waals surface area contributed by atoms with Crippen LogP contribution in [-0.2, 0) is 4.79 Å². The van der Waals surface area contributed by atoms with Crippen molar-refractivity contribution in [3.8, 4) is 0 Å². The van der Waals surface area contributed by atoms with E-state index in [4.69, 9.17) is 0 Å². The third-order valence-electron chi connectivity index (χ3n) is 3.09. The van der Waals surface area contributed by atoms with Crippen molar-refractivity contribution in [1.29, 1.82) is 0 Å². The van der Waals surface area contributed by atoms with E-state index in [0.717, 1.165) is 18.7 Å². The van der Waals surface area contributed by atoms with Gasteiger partial charge in [-0.2, -0.15) is 4.37 Å². The Morgan fingerprint density at radius 3 is 2.62 bits per heavy atom. The summed E-state index contributed by atoms with van der Waals surface area (Å²) in [6.07, 6.45) is 5.69. The highest BCUT2D eigenvalue weighted by Gasteiger charge is 2.26. The molecule has 0 spiro atoms. The molecule has 1 aliphatic carbocycles. The first kappa shape index (κ1) is 11.5. The fraction of sp³-hybridized carbons (Fsp3) is 0.727. The second-order valence-corrected chi connectivity index (χ2v) is 5.09. The predicted octanol–water partition coefficient (Wildman–Crippen LogP) is 2.39. The normalized spacial score (nSPS) is 17.4. The van der Waals surface area contributed by atoms with Crippen molar-refractivity contribution in [3.05, 3.63) is 5.82 Å². The number of hydrogen-bond acceptors (Lipinski definition) is 4. The molecule has 1 aromatic heterocycles. The second-order valence-electron chi connectivity index (χ2n) is 4.36. The Hall–Kier alpha value is -0.970. The Bertz CT molecular complexity index is 371. The Morgan fingerprint density at radius 1 is 1.38 bits per heavy atom. The highest BCUT2D eigenvalue weighted by atomic mass is 32.1. The maximum atomic E-state index is 12.2. The molecule has 1 aromatic rings. The van der Waals surface area contributed by atoms with Gasteiger partial charge in [-0.3, -0.25) is 9.69 Å². The number of aryl methyl sites for hydroxylation is 1. The van der Waals surface area contributed by atoms with Crippen LogP contribution < -0.4 is 4.90 Å². The summed E-state index contributed by atoms with van der Waals surface area (Å²) in [5, 5.41) is 0.716. The number of aromatic nitrogens is 2. The summed E-state index contributed by atoms with van der Waals surface area (Å²) in [5.74, 6) is 1.14. The topological polar surface area (TPSA) is 46.1 Å². The predicted molar refractivity (Wildman–Crippen MR) is 64.6 cm³/mol. The molecular formula is C11H17N3OS. The fourth-order valence-corrected chi connectivity index (χ4v) is 2.78. The van der Waals surface area contributed by atoms with Crippen molar-refractivity contribution < 1.29 is 4.79 Å². The van der Waals surface area contributed by atoms with Crippen molar-refractivity contribution in [3.63, 3.8) is 0 Å². The van der Waals surface area contributed by atoms with E-state index in [0.29, 0.717) is 5.13 Å². The number of hydrogen-bond donors (Lipinski definition) is 0. The number of carbonyl (C=O) groups excluding carboxylic acids is 1. The quantitative estimate of drug-likeness (QED) is 0.796. The third-order valence-corrected chi connectivity index (χ3v) is 3.97. The standard InChI is InChI=1S/C11H17N3OS/c1-8-12-11(16-13-8)14(2)10(15)9-6-4-3-5-7-9/h9H,3-7H2,1-2H3. The van der Waals surface area contributed by atoms with E-state index in [1.165, 1.54) is 30.8 Å². The Balaban J connectivity index is 2.03. The van der Waals surface area contributed by atoms with Crippen molar-refractivity contribution in [2.75, 3.05) is 11.9 Å². The lowest BCUT2D eigenvalue weighted by molar-refractivity contribution is -0.123. The van der Waals surface area contributed by atoms with Crippen LogP contribution in [0.1, 0.15) is 37.9 Å². The average Bonchev–Trinajstić information content (AvgIpc) is 2.75. The highest BCUT2D eigenvalue weighted by Crippen LogP contribution is 2.27. The van der Waals surface area contributed by atoms with Crippen molar-refractivity contribution >= 4 is 22.6 Å². The van der Waals surface area contributed by atoms with Crippen molar-refractivity contribution in [2.24, 2.45) is 5.92 Å². The van der Waals surface area contributed by atoms with E-state index >= 15 is 0 Å². The summed E-state index contributed by atoms with van der Waals surface area (Å²) >= 11 is 1.29. The SMILES string of the molecule is Cc1nsc(N(C)C(=O)C2CCCCC2)n1. The molecule has 16 heavy (non-hydrogen) atoms. The molecule has 1 aliphatic rings. The third kappa shape index (κ3) is 2.40. The minimum atomic E-state index is 0.197. The Kier molecular flexibility index (Phi) is 3.53. The van der Waals surface area contributed by atoms with Gasteiger partial charge >= 0.3 is 0 Å². The molecule has 0 atom stereocenters. The molecule has 1 amide bonds. The number of anilines is 1. The van der Waals surface area contributed by atoms with Crippen LogP contribution in [0.5, 0.6) is 0 Å². The molecule has 1 saturated carbocycles. The lowest BCUT2D eigenvalue weighted by Gasteiger charge is -2.24. The number of nitrogens with zero attached hydrogens (tertiary/aromatic N) is 3. The van der Waals surface area contributed by atoms with Crippen LogP contribution in [0.25, 0.3) is 0 Å². The van der Waals surface area contributed by atoms with Crippen LogP contribution in [0.3, 0.4) is 0 Å². The lowest BCUT2D eigenvalue weighted by atomic mass is 9.88. The summed E-state index contributed by atoms with van der Waals surface area (Å²) in [6, 6.07) is 0. The summed E-state index contributed by atoms with van der Waals surface area (Å²) in [7, 11) is 1.80. The van der Waals surface area contributed by atoms with Crippen LogP contribution >= 0.6 is 11.5 Å². The van der Waals surface area contributed by atoms with Gasteiger partial charge in [-0.05, 0) is 19.8 Å². The molecule has 1 heterocycles. The first-order valence-electron chi connectivity index (χ1n) is 5.76. The molecule has 0 unspecified atom stereocenters. The van der Waals surface area contributed by atoms with Crippen LogP contribution in [0, 0.1) is 12.8 Å². The molecule has 88 valence electrons. The second kappa shape index (κ2) is 4.91. The minimum Gasteiger partial charge on any atom is -0.290 e. The number of amides is 1. The van der Waals surface area contributed by atoms with Gasteiger partial charge in [-0.1, -0.05) is 19.3 Å². The van der Waals surface area contributed by atoms with E-state index in [1.54, 1.807) is 11.9 Å². The molecule has 0 bridgehead atoms. The Labute approximate surface area is 99.9 Å². The van der Waals surface area contributed by atoms with E-state index < -0.39 is 0 Å². The summed E-state index contributed by atoms with van der Waals surface area (Å²) in [6.45, 7) is 1.85. The molecular weight excluding hydrogens is 222 g/mol. The summed E-state index contributed by atoms with van der Waals surface area (Å²) < 4.78 is 4.10. The van der Waals surface area contributed by atoms with Crippen LogP contribution in [0.2, 0.25) is 0 Å². The summed E-state index contributed by atoms with van der Waals surface area (Å²) in [5.41, 5.74) is 0. The molecule has 5 heteroatoms. The molecule has 0 saturated heterocycles. The molecule has 0 radical (unpaired) electrons.